The first kappa shape index (κ1) is 20.6. The van der Waals surface area contributed by atoms with Crippen LogP contribution < -0.4 is 0 Å². The van der Waals surface area contributed by atoms with Gasteiger partial charge in [-0.3, -0.25) is 4.90 Å². The van der Waals surface area contributed by atoms with E-state index in [-0.39, 0.29) is 12.1 Å². The second-order valence-corrected chi connectivity index (χ2v) is 8.02. The first-order chi connectivity index (χ1) is 14.6. The summed E-state index contributed by atoms with van der Waals surface area (Å²) in [6, 6.07) is 19.0. The lowest BCUT2D eigenvalue weighted by atomic mass is 9.85. The largest absolute Gasteiger partial charge is 0.439 e. The zero-order valence-corrected chi connectivity index (χ0v) is 17.5. The van der Waals surface area contributed by atoms with Crippen LogP contribution in [0.25, 0.3) is 0 Å². The Labute approximate surface area is 177 Å². The highest BCUT2D eigenvalue weighted by atomic mass is 16.6. The average molecular weight is 408 g/mol. The Bertz CT molecular complexity index is 885. The van der Waals surface area contributed by atoms with Crippen molar-refractivity contribution >= 4 is 6.09 Å². The van der Waals surface area contributed by atoms with Crippen molar-refractivity contribution < 1.29 is 19.4 Å². The Morgan fingerprint density at radius 3 is 2.27 bits per heavy atom. The zero-order chi connectivity index (χ0) is 21.1. The number of benzene rings is 2. The Morgan fingerprint density at radius 1 is 1.03 bits per heavy atom. The Balaban J connectivity index is 1.79. The molecule has 5 nitrogen and oxygen atoms in total. The van der Waals surface area contributed by atoms with Gasteiger partial charge in [0.25, 0.3) is 0 Å². The summed E-state index contributed by atoms with van der Waals surface area (Å²) >= 11 is 0. The molecule has 0 bridgehead atoms. The number of ether oxygens (including phenoxy) is 2. The summed E-state index contributed by atoms with van der Waals surface area (Å²) in [5, 5.41) is 10.8. The first-order valence-electron chi connectivity index (χ1n) is 10.6. The van der Waals surface area contributed by atoms with Gasteiger partial charge in [-0.05, 0) is 17.5 Å². The maximum Gasteiger partial charge on any atom is 0.411 e. The molecule has 5 atom stereocenters. The molecule has 2 aliphatic rings. The molecule has 5 heteroatoms. The molecule has 1 aliphatic carbocycles. The van der Waals surface area contributed by atoms with Crippen LogP contribution in [0.4, 0.5) is 4.79 Å². The van der Waals surface area contributed by atoms with Gasteiger partial charge in [0.2, 0.25) is 0 Å². The fraction of sp³-hybridized carbons (Fsp3) is 0.400. The molecule has 30 heavy (non-hydrogen) atoms. The number of rotatable bonds is 7. The van der Waals surface area contributed by atoms with Crippen molar-refractivity contribution in [2.24, 2.45) is 0 Å². The van der Waals surface area contributed by atoms with Gasteiger partial charge in [-0.2, -0.15) is 0 Å². The van der Waals surface area contributed by atoms with Crippen LogP contribution in [0.15, 0.2) is 72.8 Å². The number of carbonyl (C=O) groups excluding carboxylic acids is 1. The lowest BCUT2D eigenvalue weighted by molar-refractivity contribution is -0.114. The molecule has 0 saturated carbocycles. The molecule has 158 valence electrons. The predicted octanol–water partition coefficient (Wildman–Crippen LogP) is 4.80. The number of methoxy groups -OCH3 is 1. The molecule has 1 saturated heterocycles. The quantitative estimate of drug-likeness (QED) is 0.670. The molecule has 0 radical (unpaired) electrons. The summed E-state index contributed by atoms with van der Waals surface area (Å²) in [6.45, 7) is 2.11. The molecular formula is C25H29NO4. The molecule has 1 heterocycles. The van der Waals surface area contributed by atoms with Crippen molar-refractivity contribution in [3.63, 3.8) is 0 Å². The smallest absolute Gasteiger partial charge is 0.411 e. The van der Waals surface area contributed by atoms with Gasteiger partial charge in [0.15, 0.2) is 6.10 Å². The Hall–Kier alpha value is -2.63. The van der Waals surface area contributed by atoms with Crippen LogP contribution in [0.3, 0.4) is 0 Å². The number of aliphatic hydroxyl groups is 1. The average Bonchev–Trinajstić information content (AvgIpc) is 3.30. The second kappa shape index (κ2) is 8.62. The van der Waals surface area contributed by atoms with Gasteiger partial charge in [-0.1, -0.05) is 92.6 Å². The van der Waals surface area contributed by atoms with Gasteiger partial charge in [0.05, 0.1) is 6.04 Å². The minimum Gasteiger partial charge on any atom is -0.439 e. The number of amides is 1. The minimum atomic E-state index is -0.881. The molecule has 0 aromatic heterocycles. The lowest BCUT2D eigenvalue weighted by Crippen LogP contribution is -2.56. The Kier molecular flexibility index (Phi) is 5.93. The van der Waals surface area contributed by atoms with Crippen molar-refractivity contribution in [3.8, 4) is 0 Å². The summed E-state index contributed by atoms with van der Waals surface area (Å²) in [5.41, 5.74) is 1.06. The first-order valence-corrected chi connectivity index (χ1v) is 10.6. The normalized spacial score (nSPS) is 30.6. The lowest BCUT2D eigenvalue weighted by Gasteiger charge is -2.42. The highest BCUT2D eigenvalue weighted by Gasteiger charge is 2.56. The maximum absolute atomic E-state index is 13.2. The van der Waals surface area contributed by atoms with Crippen molar-refractivity contribution in [2.45, 2.75) is 56.1 Å². The van der Waals surface area contributed by atoms with Crippen molar-refractivity contribution in [1.82, 2.24) is 4.90 Å². The molecule has 1 amide bonds. The maximum atomic E-state index is 13.2. The van der Waals surface area contributed by atoms with E-state index < -0.39 is 23.9 Å². The molecule has 1 N–H and O–H groups in total. The van der Waals surface area contributed by atoms with E-state index in [1.54, 1.807) is 18.1 Å². The van der Waals surface area contributed by atoms with E-state index in [0.29, 0.717) is 6.42 Å². The summed E-state index contributed by atoms with van der Waals surface area (Å²) in [7, 11) is 1.62. The summed E-state index contributed by atoms with van der Waals surface area (Å²) in [4.78, 5) is 15.0. The predicted molar refractivity (Wildman–Crippen MR) is 115 cm³/mol. The van der Waals surface area contributed by atoms with Crippen LogP contribution in [0.2, 0.25) is 0 Å². The molecule has 4 rings (SSSR count). The molecule has 0 unspecified atom stereocenters. The standard InChI is InChI=1S/C25H29NO4/c1-3-4-17-25(29-2)20(15-16-21(25)27)26-22(18-11-7-5-8-12-18)23(30-24(26)28)19-13-9-6-10-14-19/h5-16,20-23,27H,3-4,17H2,1-2H3/t20-,21-,22-,23+,25+/m1/s1. The van der Waals surface area contributed by atoms with Crippen LogP contribution in [-0.2, 0) is 9.47 Å². The molecule has 1 fully saturated rings. The van der Waals surface area contributed by atoms with Crippen LogP contribution >= 0.6 is 0 Å². The second-order valence-electron chi connectivity index (χ2n) is 8.02. The number of nitrogens with zero attached hydrogens (tertiary/aromatic N) is 1. The third kappa shape index (κ3) is 3.42. The molecule has 2 aromatic carbocycles. The number of hydrogen-bond donors (Lipinski definition) is 1. The summed E-state index contributed by atoms with van der Waals surface area (Å²) in [5.74, 6) is 0. The van der Waals surface area contributed by atoms with E-state index in [9.17, 15) is 9.90 Å². The minimum absolute atomic E-state index is 0.322. The molecule has 0 spiro atoms. The molecular weight excluding hydrogens is 378 g/mol. The van der Waals surface area contributed by atoms with E-state index >= 15 is 0 Å². The highest BCUT2D eigenvalue weighted by Crippen LogP contribution is 2.48. The number of cyclic esters (lactones) is 1. The topological polar surface area (TPSA) is 59.0 Å². The third-order valence-electron chi connectivity index (χ3n) is 6.37. The van der Waals surface area contributed by atoms with Crippen LogP contribution in [0.5, 0.6) is 0 Å². The molecule has 1 aliphatic heterocycles. The van der Waals surface area contributed by atoms with Gasteiger partial charge in [0.1, 0.15) is 17.7 Å². The fourth-order valence-electron chi connectivity index (χ4n) is 4.79. The molecule has 2 aromatic rings. The van der Waals surface area contributed by atoms with E-state index in [0.717, 1.165) is 24.0 Å². The number of aliphatic hydroxyl groups excluding tert-OH is 1. The third-order valence-corrected chi connectivity index (χ3v) is 6.37. The van der Waals surface area contributed by atoms with Gasteiger partial charge in [-0.15, -0.1) is 0 Å². The van der Waals surface area contributed by atoms with Gasteiger partial charge in [-0.25, -0.2) is 4.79 Å². The summed E-state index contributed by atoms with van der Waals surface area (Å²) < 4.78 is 11.9. The highest BCUT2D eigenvalue weighted by molar-refractivity contribution is 5.73. The summed E-state index contributed by atoms with van der Waals surface area (Å²) in [6.07, 6.45) is 4.56. The zero-order valence-electron chi connectivity index (χ0n) is 17.5. The van der Waals surface area contributed by atoms with Crippen LogP contribution in [0.1, 0.15) is 49.5 Å². The van der Waals surface area contributed by atoms with Crippen molar-refractivity contribution in [1.29, 1.82) is 0 Å². The van der Waals surface area contributed by atoms with E-state index in [1.807, 2.05) is 66.7 Å². The Morgan fingerprint density at radius 2 is 1.67 bits per heavy atom. The SMILES string of the molecule is CCCC[C@@]1(OC)[C@H](O)C=C[C@H]1N1C(=O)O[C@@H](c2ccccc2)[C@H]1c1ccccc1. The fourth-order valence-corrected chi connectivity index (χ4v) is 4.79. The number of carbonyl (C=O) groups is 1. The monoisotopic (exact) mass is 407 g/mol. The van der Waals surface area contributed by atoms with E-state index in [2.05, 4.69) is 6.92 Å². The van der Waals surface area contributed by atoms with Gasteiger partial charge in [0, 0.05) is 7.11 Å². The van der Waals surface area contributed by atoms with Gasteiger partial charge < -0.3 is 14.6 Å². The number of unbranched alkanes of at least 4 members (excludes halogenated alkanes) is 1. The van der Waals surface area contributed by atoms with Gasteiger partial charge >= 0.3 is 6.09 Å². The number of hydrogen-bond acceptors (Lipinski definition) is 4. The van der Waals surface area contributed by atoms with E-state index in [1.165, 1.54) is 0 Å². The van der Waals surface area contributed by atoms with Crippen molar-refractivity contribution in [3.05, 3.63) is 83.9 Å². The van der Waals surface area contributed by atoms with Crippen LogP contribution in [-0.4, -0.2) is 41.0 Å². The van der Waals surface area contributed by atoms with E-state index in [4.69, 9.17) is 9.47 Å². The van der Waals surface area contributed by atoms with Crippen LogP contribution in [0, 0.1) is 0 Å². The van der Waals surface area contributed by atoms with Crippen molar-refractivity contribution in [2.75, 3.05) is 7.11 Å².